The summed E-state index contributed by atoms with van der Waals surface area (Å²) in [4.78, 5) is 0. The number of hydrogen-bond acceptors (Lipinski definition) is 5. The van der Waals surface area contributed by atoms with Crippen LogP contribution >= 0.6 is 0 Å². The van der Waals surface area contributed by atoms with Crippen LogP contribution in [0.1, 0.15) is 18.4 Å². The molecule has 6 heteroatoms. The van der Waals surface area contributed by atoms with Gasteiger partial charge in [-0.25, -0.2) is 4.68 Å². The van der Waals surface area contributed by atoms with Crippen LogP contribution in [0.5, 0.6) is 11.5 Å². The largest absolute Gasteiger partial charge is 0.486 e. The van der Waals surface area contributed by atoms with Crippen molar-refractivity contribution in [1.82, 2.24) is 9.78 Å². The Labute approximate surface area is 168 Å². The molecule has 0 atom stereocenters. The molecule has 146 valence electrons. The second kappa shape index (κ2) is 6.58. The summed E-state index contributed by atoms with van der Waals surface area (Å²) in [5, 5.41) is 9.65. The summed E-state index contributed by atoms with van der Waals surface area (Å²) in [6.07, 6.45) is 3.23. The van der Waals surface area contributed by atoms with Gasteiger partial charge in [-0.1, -0.05) is 18.2 Å². The van der Waals surface area contributed by atoms with Gasteiger partial charge in [-0.15, -0.1) is 0 Å². The van der Waals surface area contributed by atoms with Crippen LogP contribution in [0.15, 0.2) is 52.9 Å². The highest BCUT2D eigenvalue weighted by Crippen LogP contribution is 2.38. The molecular weight excluding hydrogens is 366 g/mol. The maximum atomic E-state index is 6.15. The topological polar surface area (TPSA) is 61.5 Å². The molecule has 0 spiro atoms. The van der Waals surface area contributed by atoms with E-state index in [0.29, 0.717) is 13.2 Å². The standard InChI is InChI=1S/C23H21N3O3/c1-2-7-18-15(5-1)13-21(29-18)22-17-6-3-4-10-24-23(17)26(25-22)16-8-9-19-20(14-16)28-12-11-27-19/h1-2,5,7-9,13-14,24H,3-4,6,10-12H2. The second-order valence-corrected chi connectivity index (χ2v) is 7.45. The van der Waals surface area contributed by atoms with Gasteiger partial charge in [0.15, 0.2) is 17.3 Å². The third-order valence-corrected chi connectivity index (χ3v) is 5.56. The molecule has 0 fully saturated rings. The van der Waals surface area contributed by atoms with Crippen LogP contribution in [0.2, 0.25) is 0 Å². The van der Waals surface area contributed by atoms with Crippen LogP contribution in [0.3, 0.4) is 0 Å². The van der Waals surface area contributed by atoms with E-state index in [1.165, 1.54) is 5.56 Å². The summed E-state index contributed by atoms with van der Waals surface area (Å²) >= 11 is 0. The molecule has 2 aromatic heterocycles. The number of aromatic nitrogens is 2. The van der Waals surface area contributed by atoms with Gasteiger partial charge in [-0.3, -0.25) is 0 Å². The molecule has 2 aromatic carbocycles. The quantitative estimate of drug-likeness (QED) is 0.535. The van der Waals surface area contributed by atoms with Crippen LogP contribution in [-0.2, 0) is 6.42 Å². The van der Waals surface area contributed by atoms with Gasteiger partial charge in [0, 0.05) is 23.6 Å². The molecule has 0 unspecified atom stereocenters. The number of rotatable bonds is 2. The van der Waals surface area contributed by atoms with Gasteiger partial charge in [0.2, 0.25) is 0 Å². The van der Waals surface area contributed by atoms with Crippen LogP contribution in [0.25, 0.3) is 28.1 Å². The number of nitrogens with zero attached hydrogens (tertiary/aromatic N) is 2. The van der Waals surface area contributed by atoms with E-state index in [1.54, 1.807) is 0 Å². The van der Waals surface area contributed by atoms with Crippen molar-refractivity contribution in [3.63, 3.8) is 0 Å². The number of hydrogen-bond donors (Lipinski definition) is 1. The molecule has 29 heavy (non-hydrogen) atoms. The molecule has 2 aliphatic rings. The minimum absolute atomic E-state index is 0.566. The first-order valence-corrected chi connectivity index (χ1v) is 10.1. The van der Waals surface area contributed by atoms with E-state index in [9.17, 15) is 0 Å². The fourth-order valence-corrected chi connectivity index (χ4v) is 4.15. The lowest BCUT2D eigenvalue weighted by atomic mass is 10.1. The predicted molar refractivity (Wildman–Crippen MR) is 111 cm³/mol. The maximum Gasteiger partial charge on any atom is 0.163 e. The Morgan fingerprint density at radius 2 is 1.83 bits per heavy atom. The van der Waals surface area contributed by atoms with Crippen molar-refractivity contribution in [3.05, 3.63) is 54.1 Å². The number of anilines is 1. The van der Waals surface area contributed by atoms with E-state index in [2.05, 4.69) is 17.4 Å². The first-order valence-electron chi connectivity index (χ1n) is 10.1. The van der Waals surface area contributed by atoms with Crippen molar-refractivity contribution in [1.29, 1.82) is 0 Å². The molecule has 0 aliphatic carbocycles. The number of benzene rings is 2. The monoisotopic (exact) mass is 387 g/mol. The first-order chi connectivity index (χ1) is 14.4. The molecule has 0 saturated heterocycles. The van der Waals surface area contributed by atoms with Gasteiger partial charge >= 0.3 is 0 Å². The summed E-state index contributed by atoms with van der Waals surface area (Å²) in [6, 6.07) is 16.1. The molecule has 1 N–H and O–H groups in total. The molecule has 0 saturated carbocycles. The zero-order chi connectivity index (χ0) is 19.2. The Hall–Kier alpha value is -3.41. The van der Waals surface area contributed by atoms with Crippen molar-refractivity contribution >= 4 is 16.8 Å². The van der Waals surface area contributed by atoms with E-state index < -0.39 is 0 Å². The van der Waals surface area contributed by atoms with Gasteiger partial charge in [-0.2, -0.15) is 5.10 Å². The SMILES string of the molecule is c1ccc2oc(-c3nn(-c4ccc5c(c4)OCCO5)c4c3CCCCN4)cc2c1. The van der Waals surface area contributed by atoms with Crippen molar-refractivity contribution in [3.8, 4) is 28.6 Å². The van der Waals surface area contributed by atoms with Crippen molar-refractivity contribution in [2.24, 2.45) is 0 Å². The molecule has 4 aromatic rings. The maximum absolute atomic E-state index is 6.15. The number of nitrogens with one attached hydrogen (secondary N) is 1. The van der Waals surface area contributed by atoms with Gasteiger partial charge in [0.25, 0.3) is 0 Å². The van der Waals surface area contributed by atoms with Gasteiger partial charge in [0.05, 0.1) is 5.69 Å². The highest BCUT2D eigenvalue weighted by molar-refractivity contribution is 5.83. The number of furan rings is 1. The Morgan fingerprint density at radius 1 is 0.931 bits per heavy atom. The first kappa shape index (κ1) is 16.5. The van der Waals surface area contributed by atoms with E-state index in [-0.39, 0.29) is 0 Å². The second-order valence-electron chi connectivity index (χ2n) is 7.45. The van der Waals surface area contributed by atoms with Crippen LogP contribution in [0, 0.1) is 0 Å². The van der Waals surface area contributed by atoms with E-state index in [1.807, 2.05) is 41.1 Å². The fourth-order valence-electron chi connectivity index (χ4n) is 4.15. The van der Waals surface area contributed by atoms with Gasteiger partial charge in [0.1, 0.15) is 30.3 Å². The zero-order valence-electron chi connectivity index (χ0n) is 16.0. The molecule has 6 nitrogen and oxygen atoms in total. The molecule has 0 bridgehead atoms. The van der Waals surface area contributed by atoms with E-state index in [0.717, 1.165) is 71.2 Å². The average Bonchev–Trinajstić information content (AvgIpc) is 3.26. The van der Waals surface area contributed by atoms with E-state index >= 15 is 0 Å². The van der Waals surface area contributed by atoms with Crippen LogP contribution in [-0.4, -0.2) is 29.5 Å². The third-order valence-electron chi connectivity index (χ3n) is 5.56. The molecule has 6 rings (SSSR count). The van der Waals surface area contributed by atoms with Crippen molar-refractivity contribution in [2.75, 3.05) is 25.1 Å². The number of para-hydroxylation sites is 1. The minimum atomic E-state index is 0.566. The molecule has 4 heterocycles. The smallest absolute Gasteiger partial charge is 0.163 e. The lowest BCUT2D eigenvalue weighted by Crippen LogP contribution is -2.15. The Kier molecular flexibility index (Phi) is 3.75. The number of ether oxygens (including phenoxy) is 2. The molecule has 0 amide bonds. The molecule has 0 radical (unpaired) electrons. The highest BCUT2D eigenvalue weighted by Gasteiger charge is 2.24. The zero-order valence-corrected chi connectivity index (χ0v) is 16.0. The Morgan fingerprint density at radius 3 is 2.76 bits per heavy atom. The Balaban J connectivity index is 1.52. The van der Waals surface area contributed by atoms with E-state index in [4.69, 9.17) is 19.0 Å². The summed E-state index contributed by atoms with van der Waals surface area (Å²) in [5.41, 5.74) is 3.94. The average molecular weight is 387 g/mol. The Bertz CT molecular complexity index is 1170. The number of fused-ring (bicyclic) bond motifs is 3. The molecular formula is C23H21N3O3. The van der Waals surface area contributed by atoms with Crippen molar-refractivity contribution in [2.45, 2.75) is 19.3 Å². The normalized spacial score (nSPS) is 15.6. The summed E-state index contributed by atoms with van der Waals surface area (Å²) in [6.45, 7) is 2.08. The minimum Gasteiger partial charge on any atom is -0.486 e. The highest BCUT2D eigenvalue weighted by atomic mass is 16.6. The van der Waals surface area contributed by atoms with Crippen molar-refractivity contribution < 1.29 is 13.9 Å². The summed E-state index contributed by atoms with van der Waals surface area (Å²) < 4.78 is 19.6. The van der Waals surface area contributed by atoms with Gasteiger partial charge in [-0.05, 0) is 43.5 Å². The summed E-state index contributed by atoms with van der Waals surface area (Å²) in [7, 11) is 0. The molecule has 2 aliphatic heterocycles. The lowest BCUT2D eigenvalue weighted by molar-refractivity contribution is 0.171. The van der Waals surface area contributed by atoms with Gasteiger partial charge < -0.3 is 19.2 Å². The summed E-state index contributed by atoms with van der Waals surface area (Å²) in [5.74, 6) is 3.39. The van der Waals surface area contributed by atoms with Crippen LogP contribution in [0.4, 0.5) is 5.82 Å². The lowest BCUT2D eigenvalue weighted by Gasteiger charge is -2.19. The van der Waals surface area contributed by atoms with Crippen LogP contribution < -0.4 is 14.8 Å². The predicted octanol–water partition coefficient (Wildman–Crippen LogP) is 4.80. The third kappa shape index (κ3) is 2.75. The fraction of sp³-hybridized carbons (Fsp3) is 0.261.